The van der Waals surface area contributed by atoms with Gasteiger partial charge in [-0.1, -0.05) is 60.7 Å². The van der Waals surface area contributed by atoms with Gasteiger partial charge in [-0.2, -0.15) is 0 Å². The standard InChI is InChI=1S/C25H34N2O8Si/c1-31-36(32-2,33-3)16-10-15-26-23(28)17-22(24(29)34-18-20-11-6-4-7-12-20)27-25(30)35-19-21-13-8-5-9-14-21/h4-9,11-14,22H,10,15-19H2,1-3H3,(H,26,28)(H,27,30)/t22-/m0/s1. The van der Waals surface area contributed by atoms with Crippen molar-refractivity contribution in [1.29, 1.82) is 0 Å². The van der Waals surface area contributed by atoms with Crippen LogP contribution in [0, 0.1) is 0 Å². The predicted molar refractivity (Wildman–Crippen MR) is 134 cm³/mol. The fourth-order valence-electron chi connectivity index (χ4n) is 3.28. The number of ether oxygens (including phenoxy) is 2. The SMILES string of the molecule is CO[Si](CCCNC(=O)C[C@H](NC(=O)OCc1ccccc1)C(=O)OCc1ccccc1)(OC)OC. The van der Waals surface area contributed by atoms with E-state index < -0.39 is 32.8 Å². The molecule has 36 heavy (non-hydrogen) atoms. The Morgan fingerprint density at radius 2 is 1.33 bits per heavy atom. The summed E-state index contributed by atoms with van der Waals surface area (Å²) in [5.41, 5.74) is 1.57. The number of hydrogen-bond acceptors (Lipinski definition) is 8. The number of benzene rings is 2. The van der Waals surface area contributed by atoms with Crippen LogP contribution >= 0.6 is 0 Å². The third kappa shape index (κ3) is 10.2. The molecule has 0 saturated carbocycles. The molecule has 2 rings (SSSR count). The summed E-state index contributed by atoms with van der Waals surface area (Å²) in [5.74, 6) is -1.17. The summed E-state index contributed by atoms with van der Waals surface area (Å²) in [6.07, 6.45) is -0.595. The molecule has 2 aromatic rings. The van der Waals surface area contributed by atoms with E-state index in [1.54, 1.807) is 24.3 Å². The summed E-state index contributed by atoms with van der Waals surface area (Å²) in [5, 5.41) is 5.18. The zero-order chi connectivity index (χ0) is 26.2. The van der Waals surface area contributed by atoms with Crippen LogP contribution < -0.4 is 10.6 Å². The number of hydrogen-bond donors (Lipinski definition) is 2. The maximum Gasteiger partial charge on any atom is 0.500 e. The van der Waals surface area contributed by atoms with E-state index in [-0.39, 0.29) is 19.6 Å². The molecule has 0 aliphatic heterocycles. The molecular weight excluding hydrogens is 484 g/mol. The third-order valence-electron chi connectivity index (χ3n) is 5.32. The highest BCUT2D eigenvalue weighted by atomic mass is 28.4. The molecule has 0 aromatic heterocycles. The van der Waals surface area contributed by atoms with Crippen molar-refractivity contribution in [2.45, 2.75) is 38.1 Å². The first-order valence-electron chi connectivity index (χ1n) is 11.5. The van der Waals surface area contributed by atoms with E-state index in [9.17, 15) is 14.4 Å². The van der Waals surface area contributed by atoms with Gasteiger partial charge in [-0.3, -0.25) is 4.79 Å². The highest BCUT2D eigenvalue weighted by Crippen LogP contribution is 2.14. The smallest absolute Gasteiger partial charge is 0.459 e. The molecule has 10 nitrogen and oxygen atoms in total. The van der Waals surface area contributed by atoms with Crippen molar-refractivity contribution in [2.24, 2.45) is 0 Å². The molecule has 1 atom stereocenters. The Morgan fingerprint density at radius 3 is 1.86 bits per heavy atom. The van der Waals surface area contributed by atoms with Gasteiger partial charge in [-0.05, 0) is 17.5 Å². The highest BCUT2D eigenvalue weighted by Gasteiger charge is 2.37. The summed E-state index contributed by atoms with van der Waals surface area (Å²) in [4.78, 5) is 37.6. The van der Waals surface area contributed by atoms with Crippen LogP contribution in [0.4, 0.5) is 4.79 Å². The van der Waals surface area contributed by atoms with Crippen LogP contribution in [0.2, 0.25) is 6.04 Å². The minimum atomic E-state index is -2.74. The molecule has 2 amide bonds. The topological polar surface area (TPSA) is 121 Å². The lowest BCUT2D eigenvalue weighted by molar-refractivity contribution is -0.148. The molecule has 0 radical (unpaired) electrons. The molecule has 2 N–H and O–H groups in total. The van der Waals surface area contributed by atoms with Gasteiger partial charge in [-0.25, -0.2) is 9.59 Å². The minimum Gasteiger partial charge on any atom is -0.459 e. The molecule has 0 bridgehead atoms. The van der Waals surface area contributed by atoms with E-state index in [0.717, 1.165) is 11.1 Å². The molecule has 2 aromatic carbocycles. The van der Waals surface area contributed by atoms with Crippen molar-refractivity contribution in [3.8, 4) is 0 Å². The maximum absolute atomic E-state index is 12.7. The van der Waals surface area contributed by atoms with Crippen LogP contribution in [0.25, 0.3) is 0 Å². The van der Waals surface area contributed by atoms with Crippen LogP contribution in [0.3, 0.4) is 0 Å². The highest BCUT2D eigenvalue weighted by molar-refractivity contribution is 6.60. The lowest BCUT2D eigenvalue weighted by Gasteiger charge is -2.24. The molecule has 0 aliphatic carbocycles. The maximum atomic E-state index is 12.7. The second-order valence-corrected chi connectivity index (χ2v) is 10.9. The molecule has 0 saturated heterocycles. The first kappa shape index (κ1) is 29.0. The van der Waals surface area contributed by atoms with Crippen molar-refractivity contribution in [3.63, 3.8) is 0 Å². The lowest BCUT2D eigenvalue weighted by atomic mass is 10.2. The van der Waals surface area contributed by atoms with Gasteiger partial charge in [0.2, 0.25) is 5.91 Å². The van der Waals surface area contributed by atoms with Gasteiger partial charge in [-0.15, -0.1) is 0 Å². The number of carbonyl (C=O) groups excluding carboxylic acids is 3. The largest absolute Gasteiger partial charge is 0.500 e. The number of esters is 1. The number of amides is 2. The average Bonchev–Trinajstić information content (AvgIpc) is 2.92. The van der Waals surface area contributed by atoms with E-state index in [1.807, 2.05) is 36.4 Å². The Kier molecular flexibility index (Phi) is 12.6. The normalized spacial score (nSPS) is 11.9. The molecule has 0 heterocycles. The molecule has 0 spiro atoms. The first-order chi connectivity index (χ1) is 17.4. The monoisotopic (exact) mass is 518 g/mol. The van der Waals surface area contributed by atoms with Gasteiger partial charge in [0.1, 0.15) is 19.3 Å². The zero-order valence-corrected chi connectivity index (χ0v) is 21.9. The van der Waals surface area contributed by atoms with Crippen LogP contribution in [-0.4, -0.2) is 60.7 Å². The summed E-state index contributed by atoms with van der Waals surface area (Å²) in [6.45, 7) is 0.346. The zero-order valence-electron chi connectivity index (χ0n) is 20.9. The van der Waals surface area contributed by atoms with Crippen LogP contribution in [-0.2, 0) is 45.6 Å². The van der Waals surface area contributed by atoms with Gasteiger partial charge in [0.05, 0.1) is 6.42 Å². The Bertz CT molecular complexity index is 933. The summed E-state index contributed by atoms with van der Waals surface area (Å²) in [7, 11) is 1.82. The summed E-state index contributed by atoms with van der Waals surface area (Å²) >= 11 is 0. The van der Waals surface area contributed by atoms with Crippen molar-refractivity contribution < 1.29 is 37.1 Å². The van der Waals surface area contributed by atoms with Crippen molar-refractivity contribution >= 4 is 26.8 Å². The predicted octanol–water partition coefficient (Wildman–Crippen LogP) is 2.80. The van der Waals surface area contributed by atoms with E-state index >= 15 is 0 Å². The van der Waals surface area contributed by atoms with Gasteiger partial charge < -0.3 is 33.4 Å². The first-order valence-corrected chi connectivity index (χ1v) is 13.4. The van der Waals surface area contributed by atoms with Gasteiger partial charge in [0.25, 0.3) is 0 Å². The molecule has 0 fully saturated rings. The lowest BCUT2D eigenvalue weighted by Crippen LogP contribution is -2.45. The van der Waals surface area contributed by atoms with Gasteiger partial charge in [0, 0.05) is 33.9 Å². The average molecular weight is 519 g/mol. The Balaban J connectivity index is 1.91. The Labute approximate surface area is 212 Å². The third-order valence-corrected chi connectivity index (χ3v) is 8.15. The Morgan fingerprint density at radius 1 is 0.806 bits per heavy atom. The molecule has 11 heteroatoms. The van der Waals surface area contributed by atoms with Crippen LogP contribution in [0.1, 0.15) is 24.0 Å². The fourth-order valence-corrected chi connectivity index (χ4v) is 5.00. The fraction of sp³-hybridized carbons (Fsp3) is 0.400. The van der Waals surface area contributed by atoms with Crippen molar-refractivity contribution in [1.82, 2.24) is 10.6 Å². The summed E-state index contributed by atoms with van der Waals surface area (Å²) in [6, 6.07) is 17.5. The number of rotatable bonds is 15. The molecule has 0 unspecified atom stereocenters. The minimum absolute atomic E-state index is 0.0102. The molecular formula is C25H34N2O8Si. The second-order valence-electron chi connectivity index (χ2n) is 7.80. The number of nitrogens with one attached hydrogen (secondary N) is 2. The second kappa shape index (κ2) is 15.7. The quantitative estimate of drug-likeness (QED) is 0.210. The number of alkyl carbamates (subject to hydrolysis) is 1. The van der Waals surface area contributed by atoms with Gasteiger partial charge in [0.15, 0.2) is 0 Å². The van der Waals surface area contributed by atoms with Crippen LogP contribution in [0.5, 0.6) is 0 Å². The van der Waals surface area contributed by atoms with Crippen molar-refractivity contribution in [2.75, 3.05) is 27.9 Å². The summed E-state index contributed by atoms with van der Waals surface area (Å²) < 4.78 is 26.6. The molecule has 196 valence electrons. The molecule has 0 aliphatic rings. The van der Waals surface area contributed by atoms with Crippen molar-refractivity contribution in [3.05, 3.63) is 71.8 Å². The van der Waals surface area contributed by atoms with Crippen LogP contribution in [0.15, 0.2) is 60.7 Å². The van der Waals surface area contributed by atoms with E-state index in [2.05, 4.69) is 10.6 Å². The van der Waals surface area contributed by atoms with E-state index in [4.69, 9.17) is 22.8 Å². The van der Waals surface area contributed by atoms with E-state index in [1.165, 1.54) is 21.3 Å². The Hall–Kier alpha value is -3.25. The van der Waals surface area contributed by atoms with Gasteiger partial charge >= 0.3 is 20.9 Å². The number of carbonyl (C=O) groups is 3. The van der Waals surface area contributed by atoms with E-state index in [0.29, 0.717) is 19.0 Å².